The van der Waals surface area contributed by atoms with Gasteiger partial charge in [-0.15, -0.1) is 0 Å². The van der Waals surface area contributed by atoms with Crippen molar-refractivity contribution in [2.24, 2.45) is 0 Å². The smallest absolute Gasteiger partial charge is 0.310 e. The monoisotopic (exact) mass is 243 g/mol. The summed E-state index contributed by atoms with van der Waals surface area (Å²) in [5, 5.41) is 1.21. The maximum absolute atomic E-state index is 11.4. The molecule has 0 saturated heterocycles. The Bertz CT molecular complexity index is 598. The first-order valence-corrected chi connectivity index (χ1v) is 6.46. The fourth-order valence-electron chi connectivity index (χ4n) is 2.83. The third-order valence-electron chi connectivity index (χ3n) is 3.75. The first kappa shape index (κ1) is 11.3. The van der Waals surface area contributed by atoms with Gasteiger partial charge in [-0.2, -0.15) is 0 Å². The van der Waals surface area contributed by atoms with Crippen molar-refractivity contribution in [2.45, 2.75) is 32.2 Å². The first-order valence-electron chi connectivity index (χ1n) is 6.46. The van der Waals surface area contributed by atoms with Crippen LogP contribution in [0.15, 0.2) is 24.3 Å². The predicted octanol–water partition coefficient (Wildman–Crippen LogP) is 2.69. The molecule has 1 aliphatic heterocycles. The molecule has 2 heterocycles. The molecule has 1 aliphatic rings. The van der Waals surface area contributed by atoms with Crippen LogP contribution in [0.5, 0.6) is 0 Å². The highest BCUT2D eigenvalue weighted by Crippen LogP contribution is 2.28. The Kier molecular flexibility index (Phi) is 2.82. The third kappa shape index (κ3) is 1.80. The zero-order chi connectivity index (χ0) is 12.5. The second-order valence-corrected chi connectivity index (χ2v) is 4.85. The van der Waals surface area contributed by atoms with Gasteiger partial charge in [0, 0.05) is 23.1 Å². The van der Waals surface area contributed by atoms with Crippen LogP contribution in [0.3, 0.4) is 0 Å². The van der Waals surface area contributed by atoms with Gasteiger partial charge in [0.1, 0.15) is 0 Å². The molecule has 0 bridgehead atoms. The molecule has 0 aliphatic carbocycles. The number of hydrogen-bond acceptors (Lipinski definition) is 2. The fourth-order valence-corrected chi connectivity index (χ4v) is 2.83. The first-order chi connectivity index (χ1) is 8.79. The minimum absolute atomic E-state index is 0.174. The van der Waals surface area contributed by atoms with Gasteiger partial charge in [-0.1, -0.05) is 12.1 Å². The van der Waals surface area contributed by atoms with Crippen molar-refractivity contribution in [3.8, 4) is 0 Å². The number of rotatable bonds is 2. The predicted molar refractivity (Wildman–Crippen MR) is 70.6 cm³/mol. The van der Waals surface area contributed by atoms with E-state index in [1.54, 1.807) is 0 Å². The SMILES string of the molecule is COC(=O)Cc1cccc2c1cc1n2CCCC1. The lowest BCUT2D eigenvalue weighted by atomic mass is 10.1. The third-order valence-corrected chi connectivity index (χ3v) is 3.75. The molecule has 18 heavy (non-hydrogen) atoms. The second kappa shape index (κ2) is 4.48. The second-order valence-electron chi connectivity index (χ2n) is 4.85. The molecule has 1 aromatic heterocycles. The van der Waals surface area contributed by atoms with Crippen molar-refractivity contribution in [2.75, 3.05) is 7.11 Å². The molecule has 0 saturated carbocycles. The summed E-state index contributed by atoms with van der Waals surface area (Å²) < 4.78 is 7.15. The molecule has 3 heteroatoms. The maximum Gasteiger partial charge on any atom is 0.310 e. The summed E-state index contributed by atoms with van der Waals surface area (Å²) in [4.78, 5) is 11.4. The van der Waals surface area contributed by atoms with Gasteiger partial charge in [0.15, 0.2) is 0 Å². The minimum Gasteiger partial charge on any atom is -0.469 e. The molecular weight excluding hydrogens is 226 g/mol. The fraction of sp³-hybridized carbons (Fsp3) is 0.400. The number of carbonyl (C=O) groups excluding carboxylic acids is 1. The lowest BCUT2D eigenvalue weighted by molar-refractivity contribution is -0.139. The summed E-state index contributed by atoms with van der Waals surface area (Å²) in [5.74, 6) is -0.174. The van der Waals surface area contributed by atoms with Gasteiger partial charge in [0.25, 0.3) is 0 Å². The molecule has 0 radical (unpaired) electrons. The normalized spacial score (nSPS) is 14.5. The Morgan fingerprint density at radius 2 is 2.28 bits per heavy atom. The van der Waals surface area contributed by atoms with Crippen molar-refractivity contribution < 1.29 is 9.53 Å². The van der Waals surface area contributed by atoms with E-state index in [2.05, 4.69) is 16.7 Å². The van der Waals surface area contributed by atoms with E-state index in [9.17, 15) is 4.79 Å². The number of hydrogen-bond donors (Lipinski definition) is 0. The highest BCUT2D eigenvalue weighted by Gasteiger charge is 2.15. The zero-order valence-electron chi connectivity index (χ0n) is 10.6. The molecule has 3 nitrogen and oxygen atoms in total. The summed E-state index contributed by atoms with van der Waals surface area (Å²) in [7, 11) is 1.44. The number of aryl methyl sites for hydroxylation is 2. The van der Waals surface area contributed by atoms with Crippen LogP contribution >= 0.6 is 0 Å². The average Bonchev–Trinajstić information content (AvgIpc) is 2.78. The Hall–Kier alpha value is -1.77. The highest BCUT2D eigenvalue weighted by atomic mass is 16.5. The van der Waals surface area contributed by atoms with Gasteiger partial charge in [0.2, 0.25) is 0 Å². The van der Waals surface area contributed by atoms with Crippen LogP contribution in [-0.2, 0) is 28.9 Å². The van der Waals surface area contributed by atoms with Gasteiger partial charge < -0.3 is 9.30 Å². The molecular formula is C15H17NO2. The van der Waals surface area contributed by atoms with Gasteiger partial charge >= 0.3 is 5.97 Å². The summed E-state index contributed by atoms with van der Waals surface area (Å²) in [5.41, 5.74) is 3.72. The van der Waals surface area contributed by atoms with Crippen LogP contribution in [0.4, 0.5) is 0 Å². The summed E-state index contributed by atoms with van der Waals surface area (Å²) in [6.07, 6.45) is 4.02. The summed E-state index contributed by atoms with van der Waals surface area (Å²) >= 11 is 0. The number of esters is 1. The van der Waals surface area contributed by atoms with E-state index in [1.165, 1.54) is 36.5 Å². The lowest BCUT2D eigenvalue weighted by Crippen LogP contribution is -2.09. The van der Waals surface area contributed by atoms with Crippen LogP contribution in [-0.4, -0.2) is 17.6 Å². The van der Waals surface area contributed by atoms with Gasteiger partial charge in [-0.05, 0) is 37.0 Å². The highest BCUT2D eigenvalue weighted by molar-refractivity contribution is 5.88. The van der Waals surface area contributed by atoms with E-state index in [1.807, 2.05) is 12.1 Å². The quantitative estimate of drug-likeness (QED) is 0.759. The van der Waals surface area contributed by atoms with E-state index < -0.39 is 0 Å². The number of nitrogens with zero attached hydrogens (tertiary/aromatic N) is 1. The lowest BCUT2D eigenvalue weighted by Gasteiger charge is -2.15. The molecule has 3 rings (SSSR count). The molecule has 94 valence electrons. The Morgan fingerprint density at radius 3 is 3.11 bits per heavy atom. The average molecular weight is 243 g/mol. The summed E-state index contributed by atoms with van der Waals surface area (Å²) in [6.45, 7) is 1.10. The largest absolute Gasteiger partial charge is 0.469 e. The molecule has 0 fully saturated rings. The number of aromatic nitrogens is 1. The van der Waals surface area contributed by atoms with E-state index in [0.717, 1.165) is 18.5 Å². The van der Waals surface area contributed by atoms with Crippen molar-refractivity contribution >= 4 is 16.9 Å². The van der Waals surface area contributed by atoms with E-state index in [-0.39, 0.29) is 5.97 Å². The van der Waals surface area contributed by atoms with Crippen molar-refractivity contribution in [1.82, 2.24) is 4.57 Å². The molecule has 0 N–H and O–H groups in total. The van der Waals surface area contributed by atoms with Gasteiger partial charge in [0.05, 0.1) is 13.5 Å². The van der Waals surface area contributed by atoms with E-state index in [4.69, 9.17) is 4.74 Å². The van der Waals surface area contributed by atoms with Crippen molar-refractivity contribution in [3.05, 3.63) is 35.5 Å². The number of methoxy groups -OCH3 is 1. The molecule has 0 unspecified atom stereocenters. The van der Waals surface area contributed by atoms with Crippen LogP contribution < -0.4 is 0 Å². The zero-order valence-corrected chi connectivity index (χ0v) is 10.6. The number of carbonyl (C=O) groups is 1. The molecule has 0 amide bonds. The van der Waals surface area contributed by atoms with Crippen LogP contribution in [0, 0.1) is 0 Å². The topological polar surface area (TPSA) is 31.2 Å². The van der Waals surface area contributed by atoms with Gasteiger partial charge in [-0.3, -0.25) is 4.79 Å². The van der Waals surface area contributed by atoms with Crippen molar-refractivity contribution in [3.63, 3.8) is 0 Å². The molecule has 0 spiro atoms. The van der Waals surface area contributed by atoms with Crippen LogP contribution in [0.2, 0.25) is 0 Å². The number of ether oxygens (including phenoxy) is 1. The maximum atomic E-state index is 11.4. The number of fused-ring (bicyclic) bond motifs is 3. The minimum atomic E-state index is -0.174. The summed E-state index contributed by atoms with van der Waals surface area (Å²) in [6, 6.07) is 8.44. The molecule has 1 aromatic carbocycles. The Morgan fingerprint density at radius 1 is 1.39 bits per heavy atom. The molecule has 0 atom stereocenters. The van der Waals surface area contributed by atoms with Crippen LogP contribution in [0.1, 0.15) is 24.1 Å². The Labute approximate surface area is 106 Å². The van der Waals surface area contributed by atoms with E-state index in [0.29, 0.717) is 6.42 Å². The standard InChI is InChI=1S/C15H17NO2/c1-18-15(17)9-11-5-4-7-14-13(11)10-12-6-2-3-8-16(12)14/h4-5,7,10H,2-3,6,8-9H2,1H3. The number of benzene rings is 1. The Balaban J connectivity index is 2.10. The van der Waals surface area contributed by atoms with Gasteiger partial charge in [-0.25, -0.2) is 0 Å². The van der Waals surface area contributed by atoms with Crippen LogP contribution in [0.25, 0.3) is 10.9 Å². The van der Waals surface area contributed by atoms with Crippen molar-refractivity contribution in [1.29, 1.82) is 0 Å². The molecule has 2 aromatic rings. The van der Waals surface area contributed by atoms with E-state index >= 15 is 0 Å².